The number of fused-ring (bicyclic) bond motifs is 1. The molecule has 3 aliphatic carbocycles. The van der Waals surface area contributed by atoms with Crippen LogP contribution < -0.4 is 9.46 Å². The summed E-state index contributed by atoms with van der Waals surface area (Å²) in [5.41, 5.74) is -1.79. The number of hydrogen-bond donors (Lipinski definition) is 1. The predicted octanol–water partition coefficient (Wildman–Crippen LogP) is 3.91. The number of rotatable bonds is 6. The summed E-state index contributed by atoms with van der Waals surface area (Å²) in [5.74, 6) is -5.84. The maximum atomic E-state index is 14.4. The Morgan fingerprint density at radius 1 is 1.25 bits per heavy atom. The molecule has 3 saturated carbocycles. The van der Waals surface area contributed by atoms with Gasteiger partial charge in [0.1, 0.15) is 18.2 Å². The van der Waals surface area contributed by atoms with Gasteiger partial charge in [-0.1, -0.05) is 24.4 Å². The lowest BCUT2D eigenvalue weighted by atomic mass is 9.89. The Hall–Kier alpha value is -1.48. The molecule has 28 heavy (non-hydrogen) atoms. The molecule has 2 atom stereocenters. The second-order valence-electron chi connectivity index (χ2n) is 7.80. The Morgan fingerprint density at radius 2 is 1.96 bits per heavy atom. The molecular weight excluding hydrogens is 419 g/mol. The van der Waals surface area contributed by atoms with Crippen molar-refractivity contribution in [3.63, 3.8) is 0 Å². The van der Waals surface area contributed by atoms with Gasteiger partial charge in [-0.15, -0.1) is 0 Å². The van der Waals surface area contributed by atoms with Crippen molar-refractivity contribution in [3.8, 4) is 5.75 Å². The monoisotopic (exact) mass is 437 g/mol. The van der Waals surface area contributed by atoms with E-state index in [1.165, 1.54) is 0 Å². The van der Waals surface area contributed by atoms with Crippen molar-refractivity contribution in [1.29, 1.82) is 0 Å². The lowest BCUT2D eigenvalue weighted by Gasteiger charge is -2.21. The molecule has 0 radical (unpaired) electrons. The number of amides is 1. The molecule has 3 aliphatic rings. The number of hydrogen-bond acceptors (Lipinski definition) is 4. The van der Waals surface area contributed by atoms with Crippen molar-refractivity contribution in [2.75, 3.05) is 6.61 Å². The van der Waals surface area contributed by atoms with Crippen LogP contribution in [-0.4, -0.2) is 32.1 Å². The molecule has 0 bridgehead atoms. The summed E-state index contributed by atoms with van der Waals surface area (Å²) >= 11 is 6.03. The van der Waals surface area contributed by atoms with Gasteiger partial charge in [-0.3, -0.25) is 4.79 Å². The minimum absolute atomic E-state index is 0.150. The highest BCUT2D eigenvalue weighted by Gasteiger charge is 2.80. The quantitative estimate of drug-likeness (QED) is 0.732. The number of carbonyl (C=O) groups excluding carboxylic acids is 1. The van der Waals surface area contributed by atoms with Crippen molar-refractivity contribution in [1.82, 2.24) is 4.72 Å². The molecule has 154 valence electrons. The third-order valence-electron chi connectivity index (χ3n) is 6.00. The van der Waals surface area contributed by atoms with Gasteiger partial charge in [0.05, 0.1) is 21.3 Å². The fourth-order valence-electron chi connectivity index (χ4n) is 4.11. The molecule has 4 rings (SSSR count). The van der Waals surface area contributed by atoms with E-state index in [9.17, 15) is 26.4 Å². The molecule has 1 N–H and O–H groups in total. The molecule has 1 aromatic rings. The lowest BCUT2D eigenvalue weighted by molar-refractivity contribution is 0.0370. The van der Waals surface area contributed by atoms with Crippen LogP contribution in [0.25, 0.3) is 0 Å². The summed E-state index contributed by atoms with van der Waals surface area (Å²) in [4.78, 5) is 12.1. The molecule has 0 heterocycles. The number of ether oxygens (including phenoxy) is 1. The Balaban J connectivity index is 1.48. The normalized spacial score (nSPS) is 28.4. The van der Waals surface area contributed by atoms with Crippen molar-refractivity contribution >= 4 is 27.5 Å². The molecule has 0 saturated heterocycles. The average Bonchev–Trinajstić information content (AvgIpc) is 3.52. The lowest BCUT2D eigenvalue weighted by Crippen LogP contribution is -2.33. The molecule has 1 amide bonds. The predicted molar refractivity (Wildman–Crippen MR) is 95.7 cm³/mol. The number of halogens is 4. The molecular formula is C18H19ClF3NO4S. The smallest absolute Gasteiger partial charge is 0.267 e. The van der Waals surface area contributed by atoms with E-state index in [2.05, 4.69) is 0 Å². The van der Waals surface area contributed by atoms with Crippen LogP contribution in [0.2, 0.25) is 5.02 Å². The SMILES string of the molecule is O=C(NS(=O)(=O)C1CC1)c1cc(Cl)c(OCC23CCCCC2C3(F)F)cc1F. The van der Waals surface area contributed by atoms with Crippen molar-refractivity contribution < 1.29 is 31.1 Å². The standard InChI is InChI=1S/C18H19ClF3NO4S/c19-12-7-11(16(24)23-28(25,26)10-4-5-10)13(20)8-14(12)27-9-17-6-2-1-3-15(17)18(17,21)22/h7-8,10,15H,1-6,9H2,(H,23,24). The molecule has 10 heteroatoms. The second kappa shape index (κ2) is 6.52. The molecule has 3 fully saturated rings. The topological polar surface area (TPSA) is 72.5 Å². The van der Waals surface area contributed by atoms with Gasteiger partial charge in [0, 0.05) is 12.0 Å². The van der Waals surface area contributed by atoms with Crippen molar-refractivity contribution in [2.45, 2.75) is 49.7 Å². The van der Waals surface area contributed by atoms with Gasteiger partial charge in [0.2, 0.25) is 10.0 Å². The van der Waals surface area contributed by atoms with Gasteiger partial charge >= 0.3 is 0 Å². The fraction of sp³-hybridized carbons (Fsp3) is 0.611. The molecule has 1 aromatic carbocycles. The molecule has 0 aliphatic heterocycles. The average molecular weight is 438 g/mol. The molecule has 0 spiro atoms. The van der Waals surface area contributed by atoms with Crippen LogP contribution in [0.5, 0.6) is 5.75 Å². The summed E-state index contributed by atoms with van der Waals surface area (Å²) in [7, 11) is -3.84. The number of carbonyl (C=O) groups is 1. The Labute approximate surface area is 165 Å². The summed E-state index contributed by atoms with van der Waals surface area (Å²) in [6.45, 7) is -0.286. The summed E-state index contributed by atoms with van der Waals surface area (Å²) in [6, 6.07) is 1.78. The zero-order chi connectivity index (χ0) is 20.3. The Bertz CT molecular complexity index is 935. The van der Waals surface area contributed by atoms with Crippen LogP contribution in [0.15, 0.2) is 12.1 Å². The van der Waals surface area contributed by atoms with Crippen LogP contribution >= 0.6 is 11.6 Å². The highest BCUT2D eigenvalue weighted by molar-refractivity contribution is 7.91. The number of nitrogens with one attached hydrogen (secondary N) is 1. The summed E-state index contributed by atoms with van der Waals surface area (Å²) in [6.07, 6.45) is 3.12. The third kappa shape index (κ3) is 3.16. The van der Waals surface area contributed by atoms with E-state index in [4.69, 9.17) is 16.3 Å². The highest BCUT2D eigenvalue weighted by atomic mass is 35.5. The molecule has 5 nitrogen and oxygen atoms in total. The van der Waals surface area contributed by atoms with E-state index >= 15 is 0 Å². The van der Waals surface area contributed by atoms with Gasteiger partial charge < -0.3 is 4.74 Å². The van der Waals surface area contributed by atoms with Crippen molar-refractivity contribution in [2.24, 2.45) is 11.3 Å². The van der Waals surface area contributed by atoms with Gasteiger partial charge in [-0.05, 0) is 31.7 Å². The largest absolute Gasteiger partial charge is 0.491 e. The van der Waals surface area contributed by atoms with Gasteiger partial charge in [0.25, 0.3) is 11.8 Å². The van der Waals surface area contributed by atoms with E-state index in [-0.39, 0.29) is 17.4 Å². The number of sulfonamides is 1. The first-order valence-electron chi connectivity index (χ1n) is 9.14. The number of benzene rings is 1. The highest BCUT2D eigenvalue weighted by Crippen LogP contribution is 2.72. The first-order chi connectivity index (χ1) is 13.1. The van der Waals surface area contributed by atoms with Crippen LogP contribution in [-0.2, 0) is 10.0 Å². The first-order valence-corrected chi connectivity index (χ1v) is 11.1. The van der Waals surface area contributed by atoms with Gasteiger partial charge in [0.15, 0.2) is 0 Å². The maximum Gasteiger partial charge on any atom is 0.267 e. The van der Waals surface area contributed by atoms with E-state index in [0.717, 1.165) is 18.6 Å². The van der Waals surface area contributed by atoms with E-state index < -0.39 is 49.8 Å². The van der Waals surface area contributed by atoms with Crippen LogP contribution in [0, 0.1) is 17.2 Å². The fourth-order valence-corrected chi connectivity index (χ4v) is 5.62. The van der Waals surface area contributed by atoms with Crippen LogP contribution in [0.4, 0.5) is 13.2 Å². The minimum Gasteiger partial charge on any atom is -0.491 e. The Kier molecular flexibility index (Phi) is 4.61. The zero-order valence-electron chi connectivity index (χ0n) is 14.8. The van der Waals surface area contributed by atoms with E-state index in [1.807, 2.05) is 4.72 Å². The van der Waals surface area contributed by atoms with E-state index in [1.54, 1.807) is 0 Å². The molecule has 2 unspecified atom stereocenters. The van der Waals surface area contributed by atoms with Gasteiger partial charge in [-0.2, -0.15) is 0 Å². The summed E-state index contributed by atoms with van der Waals surface area (Å²) < 4.78 is 73.5. The summed E-state index contributed by atoms with van der Waals surface area (Å²) in [5, 5.41) is -0.788. The number of alkyl halides is 2. The maximum absolute atomic E-state index is 14.4. The van der Waals surface area contributed by atoms with Crippen LogP contribution in [0.3, 0.4) is 0 Å². The molecule has 0 aromatic heterocycles. The third-order valence-corrected chi connectivity index (χ3v) is 8.11. The Morgan fingerprint density at radius 3 is 2.61 bits per heavy atom. The van der Waals surface area contributed by atoms with Gasteiger partial charge in [-0.25, -0.2) is 26.3 Å². The zero-order valence-corrected chi connectivity index (χ0v) is 16.4. The first kappa shape index (κ1) is 19.8. The van der Waals surface area contributed by atoms with E-state index in [0.29, 0.717) is 32.1 Å². The minimum atomic E-state index is -3.84. The second-order valence-corrected chi connectivity index (χ2v) is 10.2. The van der Waals surface area contributed by atoms with Crippen LogP contribution in [0.1, 0.15) is 48.9 Å². The van der Waals surface area contributed by atoms with Crippen molar-refractivity contribution in [3.05, 3.63) is 28.5 Å².